The van der Waals surface area contributed by atoms with Crippen molar-refractivity contribution in [2.75, 3.05) is 7.11 Å². The molecular formula is C23H20BrN3O2S. The fourth-order valence-corrected chi connectivity index (χ4v) is 3.65. The Kier molecular flexibility index (Phi) is 6.01. The van der Waals surface area contributed by atoms with E-state index < -0.39 is 0 Å². The molecular weight excluding hydrogens is 462 g/mol. The van der Waals surface area contributed by atoms with Gasteiger partial charge in [0.25, 0.3) is 0 Å². The number of nitrogens with zero attached hydrogens (tertiary/aromatic N) is 2. The molecule has 0 atom stereocenters. The molecule has 0 saturated carbocycles. The number of benzene rings is 3. The number of aromatic nitrogens is 3. The van der Waals surface area contributed by atoms with Crippen LogP contribution in [0.4, 0.5) is 0 Å². The Morgan fingerprint density at radius 3 is 2.47 bits per heavy atom. The minimum absolute atomic E-state index is 0.369. The van der Waals surface area contributed by atoms with Gasteiger partial charge in [-0.25, -0.2) is 0 Å². The van der Waals surface area contributed by atoms with E-state index in [1.165, 1.54) is 5.56 Å². The highest BCUT2D eigenvalue weighted by atomic mass is 79.9. The highest BCUT2D eigenvalue weighted by Gasteiger charge is 2.14. The van der Waals surface area contributed by atoms with Crippen LogP contribution in [0, 0.1) is 11.7 Å². The molecule has 30 heavy (non-hydrogen) atoms. The molecule has 0 spiro atoms. The normalized spacial score (nSPS) is 10.8. The van der Waals surface area contributed by atoms with Crippen molar-refractivity contribution in [1.82, 2.24) is 14.8 Å². The van der Waals surface area contributed by atoms with Gasteiger partial charge in [-0.1, -0.05) is 33.6 Å². The summed E-state index contributed by atoms with van der Waals surface area (Å²) in [5.41, 5.74) is 3.98. The van der Waals surface area contributed by atoms with Crippen LogP contribution in [0.1, 0.15) is 11.1 Å². The van der Waals surface area contributed by atoms with Gasteiger partial charge in [-0.05, 0) is 73.7 Å². The van der Waals surface area contributed by atoms with Gasteiger partial charge in [0.15, 0.2) is 10.6 Å². The number of hydrogen-bond donors (Lipinski definition) is 1. The highest BCUT2D eigenvalue weighted by molar-refractivity contribution is 9.10. The summed E-state index contributed by atoms with van der Waals surface area (Å²) in [7, 11) is 1.65. The van der Waals surface area contributed by atoms with Crippen LogP contribution in [0.3, 0.4) is 0 Å². The third-order valence-electron chi connectivity index (χ3n) is 4.71. The number of rotatable bonds is 6. The molecule has 0 fully saturated rings. The first-order chi connectivity index (χ1) is 14.5. The molecule has 0 bridgehead atoms. The lowest BCUT2D eigenvalue weighted by atomic mass is 10.1. The van der Waals surface area contributed by atoms with Crippen molar-refractivity contribution in [2.45, 2.75) is 13.5 Å². The number of H-pyrrole nitrogens is 1. The summed E-state index contributed by atoms with van der Waals surface area (Å²) in [4.78, 5) is 0. The highest BCUT2D eigenvalue weighted by Crippen LogP contribution is 2.29. The van der Waals surface area contributed by atoms with Crippen molar-refractivity contribution in [3.8, 4) is 28.6 Å². The van der Waals surface area contributed by atoms with Gasteiger partial charge in [0.05, 0.1) is 7.11 Å². The van der Waals surface area contributed by atoms with Crippen LogP contribution in [0.5, 0.6) is 11.5 Å². The van der Waals surface area contributed by atoms with Crippen LogP contribution in [0.2, 0.25) is 0 Å². The van der Waals surface area contributed by atoms with E-state index in [4.69, 9.17) is 21.7 Å². The third kappa shape index (κ3) is 4.32. The second-order valence-electron chi connectivity index (χ2n) is 6.79. The van der Waals surface area contributed by atoms with Crippen molar-refractivity contribution in [3.05, 3.63) is 87.1 Å². The third-order valence-corrected chi connectivity index (χ3v) is 5.51. The zero-order valence-electron chi connectivity index (χ0n) is 16.6. The maximum atomic E-state index is 5.96. The molecule has 7 heteroatoms. The Hall–Kier alpha value is -2.90. The summed E-state index contributed by atoms with van der Waals surface area (Å²) in [5, 5.41) is 7.38. The molecule has 4 aromatic rings. The van der Waals surface area contributed by atoms with Gasteiger partial charge in [-0.15, -0.1) is 0 Å². The minimum Gasteiger partial charge on any atom is -0.496 e. The molecule has 3 aromatic carbocycles. The molecule has 1 N–H and O–H groups in total. The predicted molar refractivity (Wildman–Crippen MR) is 124 cm³/mol. The van der Waals surface area contributed by atoms with E-state index in [2.05, 4.69) is 45.2 Å². The van der Waals surface area contributed by atoms with Gasteiger partial charge in [0, 0.05) is 21.3 Å². The molecule has 4 rings (SSSR count). The fraction of sp³-hybridized carbons (Fsp3) is 0.130. The summed E-state index contributed by atoms with van der Waals surface area (Å²) in [6.07, 6.45) is 0. The van der Waals surface area contributed by atoms with Crippen LogP contribution in [0.25, 0.3) is 17.1 Å². The largest absolute Gasteiger partial charge is 0.496 e. The van der Waals surface area contributed by atoms with E-state index in [1.807, 2.05) is 59.2 Å². The molecule has 0 aliphatic heterocycles. The second-order valence-corrected chi connectivity index (χ2v) is 8.09. The number of hydrogen-bond acceptors (Lipinski definition) is 4. The zero-order chi connectivity index (χ0) is 21.1. The van der Waals surface area contributed by atoms with Gasteiger partial charge < -0.3 is 9.47 Å². The maximum Gasteiger partial charge on any atom is 0.200 e. The van der Waals surface area contributed by atoms with E-state index >= 15 is 0 Å². The first-order valence-corrected chi connectivity index (χ1v) is 10.6. The lowest BCUT2D eigenvalue weighted by Gasteiger charge is -2.13. The molecule has 1 aromatic heterocycles. The number of aromatic amines is 1. The lowest BCUT2D eigenvalue weighted by Crippen LogP contribution is -2.01. The molecule has 0 amide bonds. The molecule has 1 heterocycles. The van der Waals surface area contributed by atoms with Crippen LogP contribution in [-0.2, 0) is 6.61 Å². The smallest absolute Gasteiger partial charge is 0.200 e. The second kappa shape index (κ2) is 8.85. The SMILES string of the molecule is COc1ccc(-c2n[nH]c(=S)n2-c2ccc(C)cc2)cc1COc1ccc(Br)cc1. The molecule has 5 nitrogen and oxygen atoms in total. The monoisotopic (exact) mass is 481 g/mol. The molecule has 152 valence electrons. The van der Waals surface area contributed by atoms with Gasteiger partial charge in [-0.2, -0.15) is 5.10 Å². The molecule has 0 saturated heterocycles. The predicted octanol–water partition coefficient (Wildman–Crippen LogP) is 6.26. The summed E-state index contributed by atoms with van der Waals surface area (Å²) >= 11 is 8.92. The Balaban J connectivity index is 1.69. The fourth-order valence-electron chi connectivity index (χ4n) is 3.15. The number of halogens is 1. The molecule has 0 aliphatic carbocycles. The van der Waals surface area contributed by atoms with Gasteiger partial charge in [0.1, 0.15) is 18.1 Å². The van der Waals surface area contributed by atoms with Crippen molar-refractivity contribution in [3.63, 3.8) is 0 Å². The lowest BCUT2D eigenvalue weighted by molar-refractivity contribution is 0.296. The van der Waals surface area contributed by atoms with Crippen LogP contribution < -0.4 is 9.47 Å². The Morgan fingerprint density at radius 1 is 1.03 bits per heavy atom. The van der Waals surface area contributed by atoms with Crippen molar-refractivity contribution < 1.29 is 9.47 Å². The average molecular weight is 482 g/mol. The minimum atomic E-state index is 0.369. The number of ether oxygens (including phenoxy) is 2. The van der Waals surface area contributed by atoms with Crippen molar-refractivity contribution >= 4 is 28.1 Å². The van der Waals surface area contributed by atoms with E-state index in [-0.39, 0.29) is 0 Å². The zero-order valence-corrected chi connectivity index (χ0v) is 19.0. The van der Waals surface area contributed by atoms with Crippen molar-refractivity contribution in [1.29, 1.82) is 0 Å². The van der Waals surface area contributed by atoms with Gasteiger partial charge in [0.2, 0.25) is 0 Å². The van der Waals surface area contributed by atoms with Gasteiger partial charge >= 0.3 is 0 Å². The number of nitrogens with one attached hydrogen (secondary N) is 1. The quantitative estimate of drug-likeness (QED) is 0.330. The first kappa shape index (κ1) is 20.4. The van der Waals surface area contributed by atoms with Crippen LogP contribution in [-0.4, -0.2) is 21.9 Å². The first-order valence-electron chi connectivity index (χ1n) is 9.35. The summed E-state index contributed by atoms with van der Waals surface area (Å²) in [6.45, 7) is 2.43. The van der Waals surface area contributed by atoms with E-state index in [0.717, 1.165) is 38.6 Å². The number of aryl methyl sites for hydroxylation is 1. The Labute approximate surface area is 188 Å². The summed E-state index contributed by atoms with van der Waals surface area (Å²) < 4.78 is 15.0. The van der Waals surface area contributed by atoms with Crippen molar-refractivity contribution in [2.24, 2.45) is 0 Å². The molecule has 0 unspecified atom stereocenters. The topological polar surface area (TPSA) is 52.1 Å². The molecule has 0 aliphatic rings. The summed E-state index contributed by atoms with van der Waals surface area (Å²) in [5.74, 6) is 2.27. The maximum absolute atomic E-state index is 5.96. The van der Waals surface area contributed by atoms with E-state index in [0.29, 0.717) is 11.4 Å². The summed E-state index contributed by atoms with van der Waals surface area (Å²) in [6, 6.07) is 21.8. The van der Waals surface area contributed by atoms with E-state index in [9.17, 15) is 0 Å². The van der Waals surface area contributed by atoms with Crippen LogP contribution in [0.15, 0.2) is 71.2 Å². The van der Waals surface area contributed by atoms with E-state index in [1.54, 1.807) is 7.11 Å². The Bertz CT molecular complexity index is 1210. The standard InChI is InChI=1S/C23H20BrN3O2S/c1-15-3-8-19(9-4-15)27-22(25-26-23(27)30)16-5-12-21(28-2)17(13-16)14-29-20-10-6-18(24)7-11-20/h3-13H,14H2,1-2H3,(H,26,30). The average Bonchev–Trinajstić information content (AvgIpc) is 3.15. The van der Waals surface area contributed by atoms with Gasteiger partial charge in [-0.3, -0.25) is 9.67 Å². The molecule has 0 radical (unpaired) electrons. The Morgan fingerprint density at radius 2 is 1.77 bits per heavy atom. The number of methoxy groups -OCH3 is 1. The van der Waals surface area contributed by atoms with Crippen LogP contribution >= 0.6 is 28.1 Å².